The number of carbonyl (C=O) groups is 3. The molecule has 1 aliphatic heterocycles. The number of nitrogens with zero attached hydrogens (tertiary/aromatic N) is 1. The van der Waals surface area contributed by atoms with E-state index in [2.05, 4.69) is 10.6 Å². The summed E-state index contributed by atoms with van der Waals surface area (Å²) in [4.78, 5) is 36.4. The van der Waals surface area contributed by atoms with Crippen LogP contribution >= 0.6 is 0 Å². The maximum Gasteiger partial charge on any atom is 0.227 e. The van der Waals surface area contributed by atoms with Crippen molar-refractivity contribution in [2.45, 2.75) is 20.3 Å². The fourth-order valence-corrected chi connectivity index (χ4v) is 2.38. The van der Waals surface area contributed by atoms with Gasteiger partial charge in [0.05, 0.1) is 5.92 Å². The van der Waals surface area contributed by atoms with Gasteiger partial charge in [-0.05, 0) is 31.2 Å². The maximum atomic E-state index is 12.0. The van der Waals surface area contributed by atoms with E-state index in [1.807, 2.05) is 6.92 Å². The number of hydrogen-bond acceptors (Lipinski definition) is 3. The monoisotopic (exact) mass is 289 g/mol. The van der Waals surface area contributed by atoms with Crippen molar-refractivity contribution in [3.8, 4) is 0 Å². The first-order chi connectivity index (χ1) is 10.0. The fourth-order valence-electron chi connectivity index (χ4n) is 2.38. The molecule has 1 saturated heterocycles. The quantitative estimate of drug-likeness (QED) is 0.872. The van der Waals surface area contributed by atoms with Crippen molar-refractivity contribution in [2.24, 2.45) is 5.92 Å². The van der Waals surface area contributed by atoms with E-state index in [1.165, 1.54) is 6.92 Å². The van der Waals surface area contributed by atoms with Crippen molar-refractivity contribution < 1.29 is 14.4 Å². The second-order valence-corrected chi connectivity index (χ2v) is 5.03. The Labute approximate surface area is 123 Å². The molecule has 0 radical (unpaired) electrons. The summed E-state index contributed by atoms with van der Waals surface area (Å²) in [5, 5.41) is 5.42. The number of carbonyl (C=O) groups excluding carboxylic acids is 3. The van der Waals surface area contributed by atoms with Gasteiger partial charge in [0.2, 0.25) is 17.7 Å². The van der Waals surface area contributed by atoms with Gasteiger partial charge < -0.3 is 15.5 Å². The Balaban J connectivity index is 2.06. The van der Waals surface area contributed by atoms with Gasteiger partial charge in [0.1, 0.15) is 0 Å². The van der Waals surface area contributed by atoms with Gasteiger partial charge >= 0.3 is 0 Å². The van der Waals surface area contributed by atoms with Crippen molar-refractivity contribution >= 4 is 29.1 Å². The Morgan fingerprint density at radius 1 is 1.29 bits per heavy atom. The van der Waals surface area contributed by atoms with Crippen molar-refractivity contribution in [2.75, 3.05) is 23.3 Å². The molecule has 1 atom stereocenters. The second-order valence-electron chi connectivity index (χ2n) is 5.03. The molecule has 0 saturated carbocycles. The maximum absolute atomic E-state index is 12.0. The van der Waals surface area contributed by atoms with Crippen molar-refractivity contribution in [3.63, 3.8) is 0 Å². The van der Waals surface area contributed by atoms with Crippen LogP contribution in [0.1, 0.15) is 20.3 Å². The number of nitrogens with one attached hydrogen (secondary N) is 2. The highest BCUT2D eigenvalue weighted by atomic mass is 16.2. The largest absolute Gasteiger partial charge is 0.356 e. The molecule has 2 N–H and O–H groups in total. The molecule has 0 bridgehead atoms. The van der Waals surface area contributed by atoms with Gasteiger partial charge in [-0.2, -0.15) is 0 Å². The molecule has 1 aromatic rings. The molecule has 2 rings (SSSR count). The summed E-state index contributed by atoms with van der Waals surface area (Å²) in [7, 11) is 0. The predicted octanol–water partition coefficient (Wildman–Crippen LogP) is 1.13. The van der Waals surface area contributed by atoms with Crippen LogP contribution < -0.4 is 15.5 Å². The number of anilines is 2. The summed E-state index contributed by atoms with van der Waals surface area (Å²) >= 11 is 0. The van der Waals surface area contributed by atoms with Crippen LogP contribution in [0.5, 0.6) is 0 Å². The molecule has 1 aromatic carbocycles. The zero-order chi connectivity index (χ0) is 15.4. The van der Waals surface area contributed by atoms with Crippen LogP contribution in [0.2, 0.25) is 0 Å². The van der Waals surface area contributed by atoms with E-state index in [-0.39, 0.29) is 30.1 Å². The van der Waals surface area contributed by atoms with Gasteiger partial charge in [-0.3, -0.25) is 14.4 Å². The van der Waals surface area contributed by atoms with E-state index in [4.69, 9.17) is 0 Å². The molecular weight excluding hydrogens is 270 g/mol. The lowest BCUT2D eigenvalue weighted by atomic mass is 10.1. The van der Waals surface area contributed by atoms with E-state index in [0.29, 0.717) is 18.8 Å². The number of hydrogen-bond donors (Lipinski definition) is 2. The minimum atomic E-state index is -0.299. The molecular formula is C15H19N3O3. The zero-order valence-electron chi connectivity index (χ0n) is 12.2. The summed E-state index contributed by atoms with van der Waals surface area (Å²) in [6.07, 6.45) is 0.235. The average Bonchev–Trinajstić information content (AvgIpc) is 2.81. The Morgan fingerprint density at radius 2 is 1.95 bits per heavy atom. The molecule has 3 amide bonds. The lowest BCUT2D eigenvalue weighted by Crippen LogP contribution is -2.32. The van der Waals surface area contributed by atoms with Crippen LogP contribution in [-0.2, 0) is 14.4 Å². The number of amides is 3. The highest BCUT2D eigenvalue weighted by Gasteiger charge is 2.34. The first-order valence-electron chi connectivity index (χ1n) is 6.97. The predicted molar refractivity (Wildman–Crippen MR) is 79.9 cm³/mol. The van der Waals surface area contributed by atoms with Gasteiger partial charge in [-0.25, -0.2) is 0 Å². The molecule has 0 aromatic heterocycles. The van der Waals surface area contributed by atoms with Crippen LogP contribution in [0.4, 0.5) is 11.4 Å². The Bertz CT molecular complexity index is 554. The molecule has 112 valence electrons. The summed E-state index contributed by atoms with van der Waals surface area (Å²) in [5.74, 6) is -0.578. The number of rotatable bonds is 4. The van der Waals surface area contributed by atoms with Crippen molar-refractivity contribution in [3.05, 3.63) is 24.3 Å². The third-order valence-corrected chi connectivity index (χ3v) is 3.35. The Morgan fingerprint density at radius 3 is 2.52 bits per heavy atom. The third-order valence-electron chi connectivity index (χ3n) is 3.35. The van der Waals surface area contributed by atoms with E-state index in [9.17, 15) is 14.4 Å². The first kappa shape index (κ1) is 15.0. The summed E-state index contributed by atoms with van der Waals surface area (Å²) < 4.78 is 0. The first-order valence-corrected chi connectivity index (χ1v) is 6.97. The molecule has 21 heavy (non-hydrogen) atoms. The van der Waals surface area contributed by atoms with Crippen LogP contribution in [0.3, 0.4) is 0 Å². The molecule has 6 heteroatoms. The molecule has 0 spiro atoms. The van der Waals surface area contributed by atoms with E-state index in [1.54, 1.807) is 29.2 Å². The Hall–Kier alpha value is -2.37. The summed E-state index contributed by atoms with van der Waals surface area (Å²) in [6.45, 7) is 4.25. The SMILES string of the molecule is CCNC(=O)[C@H]1CC(=O)N(c2ccc(NC(C)=O)cc2)C1. The van der Waals surface area contributed by atoms with Gasteiger partial charge in [-0.1, -0.05) is 0 Å². The van der Waals surface area contributed by atoms with E-state index < -0.39 is 0 Å². The Kier molecular flexibility index (Phi) is 4.57. The lowest BCUT2D eigenvalue weighted by molar-refractivity contribution is -0.126. The van der Waals surface area contributed by atoms with Gasteiger partial charge in [0, 0.05) is 37.8 Å². The highest BCUT2D eigenvalue weighted by Crippen LogP contribution is 2.26. The minimum absolute atomic E-state index is 0.0569. The lowest BCUT2D eigenvalue weighted by Gasteiger charge is -2.17. The van der Waals surface area contributed by atoms with Gasteiger partial charge in [0.15, 0.2) is 0 Å². The van der Waals surface area contributed by atoms with Gasteiger partial charge in [0.25, 0.3) is 0 Å². The number of benzene rings is 1. The molecule has 6 nitrogen and oxygen atoms in total. The topological polar surface area (TPSA) is 78.5 Å². The van der Waals surface area contributed by atoms with Crippen molar-refractivity contribution in [1.29, 1.82) is 0 Å². The standard InChI is InChI=1S/C15H19N3O3/c1-3-16-15(21)11-8-14(20)18(9-11)13-6-4-12(5-7-13)17-10(2)19/h4-7,11H,3,8-9H2,1-2H3,(H,16,21)(H,17,19)/t11-/m0/s1. The smallest absolute Gasteiger partial charge is 0.227 e. The van der Waals surface area contributed by atoms with Crippen LogP contribution in [0, 0.1) is 5.92 Å². The molecule has 1 aliphatic rings. The summed E-state index contributed by atoms with van der Waals surface area (Å²) in [6, 6.07) is 7.01. The van der Waals surface area contributed by atoms with E-state index >= 15 is 0 Å². The molecule has 0 unspecified atom stereocenters. The zero-order valence-corrected chi connectivity index (χ0v) is 12.2. The van der Waals surface area contributed by atoms with Gasteiger partial charge in [-0.15, -0.1) is 0 Å². The summed E-state index contributed by atoms with van der Waals surface area (Å²) in [5.41, 5.74) is 1.42. The van der Waals surface area contributed by atoms with Crippen molar-refractivity contribution in [1.82, 2.24) is 5.32 Å². The van der Waals surface area contributed by atoms with Crippen LogP contribution in [-0.4, -0.2) is 30.8 Å². The van der Waals surface area contributed by atoms with Crippen LogP contribution in [0.15, 0.2) is 24.3 Å². The molecule has 1 heterocycles. The molecule has 1 fully saturated rings. The van der Waals surface area contributed by atoms with E-state index in [0.717, 1.165) is 5.69 Å². The highest BCUT2D eigenvalue weighted by molar-refractivity contribution is 6.00. The normalized spacial score (nSPS) is 17.7. The molecule has 0 aliphatic carbocycles. The average molecular weight is 289 g/mol. The third kappa shape index (κ3) is 3.59. The fraction of sp³-hybridized carbons (Fsp3) is 0.400. The van der Waals surface area contributed by atoms with Crippen LogP contribution in [0.25, 0.3) is 0 Å². The minimum Gasteiger partial charge on any atom is -0.356 e. The second kappa shape index (κ2) is 6.39.